The van der Waals surface area contributed by atoms with Crippen molar-refractivity contribution in [2.75, 3.05) is 0 Å². The first-order valence-electron chi connectivity index (χ1n) is 7.34. The summed E-state index contributed by atoms with van der Waals surface area (Å²) >= 11 is 0. The molecule has 0 aliphatic heterocycles. The summed E-state index contributed by atoms with van der Waals surface area (Å²) in [6, 6.07) is 3.73. The van der Waals surface area contributed by atoms with Gasteiger partial charge in [-0.25, -0.2) is 0 Å². The normalized spacial score (nSPS) is 31.9. The van der Waals surface area contributed by atoms with Crippen molar-refractivity contribution in [3.63, 3.8) is 0 Å². The van der Waals surface area contributed by atoms with Crippen molar-refractivity contribution in [2.45, 2.75) is 51.9 Å². The van der Waals surface area contributed by atoms with Crippen LogP contribution in [-0.2, 0) is 0 Å². The molecule has 3 atom stereocenters. The van der Waals surface area contributed by atoms with Crippen LogP contribution in [0.3, 0.4) is 0 Å². The van der Waals surface area contributed by atoms with Gasteiger partial charge in [-0.2, -0.15) is 0 Å². The third-order valence-corrected chi connectivity index (χ3v) is 4.89. The van der Waals surface area contributed by atoms with Gasteiger partial charge < -0.3 is 4.42 Å². The first-order chi connectivity index (χ1) is 8.74. The van der Waals surface area contributed by atoms with Gasteiger partial charge in [0.05, 0.1) is 0 Å². The number of aryl methyl sites for hydroxylation is 1. The summed E-state index contributed by atoms with van der Waals surface area (Å²) in [5.41, 5.74) is 0. The van der Waals surface area contributed by atoms with Crippen LogP contribution in [0.15, 0.2) is 16.5 Å². The van der Waals surface area contributed by atoms with Crippen molar-refractivity contribution >= 4 is 5.78 Å². The lowest BCUT2D eigenvalue weighted by Gasteiger charge is -2.38. The number of carbonyl (C=O) groups is 1. The molecule has 3 rings (SSSR count). The quantitative estimate of drug-likeness (QED) is 0.725. The first kappa shape index (κ1) is 12.0. The van der Waals surface area contributed by atoms with Gasteiger partial charge in [0.1, 0.15) is 5.76 Å². The fourth-order valence-corrected chi connectivity index (χ4v) is 3.88. The van der Waals surface area contributed by atoms with E-state index in [2.05, 4.69) is 0 Å². The van der Waals surface area contributed by atoms with Gasteiger partial charge in [-0.15, -0.1) is 0 Å². The average Bonchev–Trinajstić information content (AvgIpc) is 2.84. The molecule has 2 aliphatic rings. The molecule has 0 saturated heterocycles. The molecule has 1 aromatic rings. The fraction of sp³-hybridized carbons (Fsp3) is 0.688. The highest BCUT2D eigenvalue weighted by atomic mass is 16.3. The zero-order valence-electron chi connectivity index (χ0n) is 11.2. The summed E-state index contributed by atoms with van der Waals surface area (Å²) in [5.74, 6) is 3.58. The van der Waals surface area contributed by atoms with E-state index in [0.29, 0.717) is 5.76 Å². The number of fused-ring (bicyclic) bond motifs is 1. The van der Waals surface area contributed by atoms with E-state index < -0.39 is 0 Å². The van der Waals surface area contributed by atoms with Crippen LogP contribution in [0, 0.1) is 24.7 Å². The Hall–Kier alpha value is -1.05. The summed E-state index contributed by atoms with van der Waals surface area (Å²) in [5, 5.41) is 0. The Morgan fingerprint density at radius 3 is 2.61 bits per heavy atom. The molecule has 0 radical (unpaired) electrons. The van der Waals surface area contributed by atoms with Crippen molar-refractivity contribution in [1.29, 1.82) is 0 Å². The number of Topliss-reactive ketones (excluding diaryl/α,β-unsaturated/α-hetero) is 1. The van der Waals surface area contributed by atoms with Gasteiger partial charge in [-0.3, -0.25) is 4.79 Å². The Kier molecular flexibility index (Phi) is 3.27. The van der Waals surface area contributed by atoms with Crippen LogP contribution in [0.5, 0.6) is 0 Å². The number of ketones is 1. The van der Waals surface area contributed by atoms with Crippen molar-refractivity contribution in [3.05, 3.63) is 23.7 Å². The maximum Gasteiger partial charge on any atom is 0.201 e. The number of hydrogen-bond donors (Lipinski definition) is 0. The molecule has 0 spiro atoms. The number of carbonyl (C=O) groups excluding carboxylic acids is 1. The molecule has 2 nitrogen and oxygen atoms in total. The zero-order valence-corrected chi connectivity index (χ0v) is 11.2. The standard InChI is InChI=1S/C16H22O2/c1-11-6-9-15(18-11)16(17)14-8-7-12-4-2-3-5-13(12)10-14/h6,9,12-14H,2-5,7-8,10H2,1H3. The van der Waals surface area contributed by atoms with E-state index in [9.17, 15) is 4.79 Å². The number of furan rings is 1. The van der Waals surface area contributed by atoms with E-state index in [1.54, 1.807) is 0 Å². The van der Waals surface area contributed by atoms with Crippen LogP contribution in [-0.4, -0.2) is 5.78 Å². The molecule has 2 aliphatic carbocycles. The number of rotatable bonds is 2. The lowest BCUT2D eigenvalue weighted by molar-refractivity contribution is 0.0735. The summed E-state index contributed by atoms with van der Waals surface area (Å²) in [4.78, 5) is 12.4. The maximum atomic E-state index is 12.4. The minimum Gasteiger partial charge on any atom is -0.458 e. The Morgan fingerprint density at radius 2 is 1.89 bits per heavy atom. The second kappa shape index (κ2) is 4.91. The zero-order chi connectivity index (χ0) is 12.5. The van der Waals surface area contributed by atoms with Crippen LogP contribution in [0.2, 0.25) is 0 Å². The van der Waals surface area contributed by atoms with Gasteiger partial charge >= 0.3 is 0 Å². The number of hydrogen-bond acceptors (Lipinski definition) is 2. The highest BCUT2D eigenvalue weighted by molar-refractivity contribution is 5.95. The Bertz CT molecular complexity index is 432. The van der Waals surface area contributed by atoms with Crippen LogP contribution in [0.4, 0.5) is 0 Å². The molecular formula is C16H22O2. The molecule has 2 fully saturated rings. The van der Waals surface area contributed by atoms with Crippen molar-refractivity contribution in [2.24, 2.45) is 17.8 Å². The summed E-state index contributed by atoms with van der Waals surface area (Å²) < 4.78 is 5.49. The molecule has 2 saturated carbocycles. The van der Waals surface area contributed by atoms with Gasteiger partial charge in [-0.1, -0.05) is 25.7 Å². The molecule has 3 unspecified atom stereocenters. The molecule has 0 bridgehead atoms. The molecule has 2 heteroatoms. The molecule has 1 aromatic heterocycles. The van der Waals surface area contributed by atoms with E-state index >= 15 is 0 Å². The second-order valence-corrected chi connectivity index (χ2v) is 6.09. The lowest BCUT2D eigenvalue weighted by atomic mass is 9.66. The largest absolute Gasteiger partial charge is 0.458 e. The van der Waals surface area contributed by atoms with Crippen LogP contribution in [0.1, 0.15) is 61.3 Å². The predicted molar refractivity (Wildman–Crippen MR) is 70.6 cm³/mol. The Balaban J connectivity index is 1.68. The Morgan fingerprint density at radius 1 is 1.11 bits per heavy atom. The summed E-state index contributed by atoms with van der Waals surface area (Å²) in [6.45, 7) is 1.90. The van der Waals surface area contributed by atoms with Gasteiger partial charge in [0.25, 0.3) is 0 Å². The third kappa shape index (κ3) is 2.25. The average molecular weight is 246 g/mol. The van der Waals surface area contributed by atoms with Crippen LogP contribution >= 0.6 is 0 Å². The molecule has 0 amide bonds. The van der Waals surface area contributed by atoms with Crippen molar-refractivity contribution in [1.82, 2.24) is 0 Å². The minimum absolute atomic E-state index is 0.217. The van der Waals surface area contributed by atoms with Gasteiger partial charge in [0.15, 0.2) is 5.76 Å². The van der Waals surface area contributed by atoms with Gasteiger partial charge in [0, 0.05) is 5.92 Å². The van der Waals surface area contributed by atoms with E-state index in [1.165, 1.54) is 32.1 Å². The van der Waals surface area contributed by atoms with Crippen molar-refractivity contribution < 1.29 is 9.21 Å². The van der Waals surface area contributed by atoms with Crippen LogP contribution < -0.4 is 0 Å². The van der Waals surface area contributed by atoms with Gasteiger partial charge in [0.2, 0.25) is 5.78 Å². The molecule has 0 N–H and O–H groups in total. The topological polar surface area (TPSA) is 30.2 Å². The maximum absolute atomic E-state index is 12.4. The van der Waals surface area contributed by atoms with E-state index in [4.69, 9.17) is 4.42 Å². The first-order valence-corrected chi connectivity index (χ1v) is 7.34. The minimum atomic E-state index is 0.217. The summed E-state index contributed by atoms with van der Waals surface area (Å²) in [6.07, 6.45) is 8.92. The fourth-order valence-electron chi connectivity index (χ4n) is 3.88. The van der Waals surface area contributed by atoms with E-state index in [-0.39, 0.29) is 11.7 Å². The highest BCUT2D eigenvalue weighted by Crippen LogP contribution is 2.43. The monoisotopic (exact) mass is 246 g/mol. The van der Waals surface area contributed by atoms with E-state index in [1.807, 2.05) is 19.1 Å². The molecule has 18 heavy (non-hydrogen) atoms. The molecule has 0 aromatic carbocycles. The smallest absolute Gasteiger partial charge is 0.201 e. The Labute approximate surface area is 109 Å². The third-order valence-electron chi connectivity index (χ3n) is 4.89. The predicted octanol–water partition coefficient (Wildman–Crippen LogP) is 4.38. The van der Waals surface area contributed by atoms with Gasteiger partial charge in [-0.05, 0) is 50.2 Å². The molecule has 1 heterocycles. The van der Waals surface area contributed by atoms with E-state index in [0.717, 1.165) is 30.4 Å². The summed E-state index contributed by atoms with van der Waals surface area (Å²) in [7, 11) is 0. The molecule has 98 valence electrons. The lowest BCUT2D eigenvalue weighted by Crippen LogP contribution is -2.31. The second-order valence-electron chi connectivity index (χ2n) is 6.09. The molecular weight excluding hydrogens is 224 g/mol. The SMILES string of the molecule is Cc1ccc(C(=O)C2CCC3CCCCC3C2)o1. The van der Waals surface area contributed by atoms with Crippen molar-refractivity contribution in [3.8, 4) is 0 Å². The highest BCUT2D eigenvalue weighted by Gasteiger charge is 2.35. The van der Waals surface area contributed by atoms with Crippen LogP contribution in [0.25, 0.3) is 0 Å².